The van der Waals surface area contributed by atoms with Crippen molar-refractivity contribution in [3.05, 3.63) is 29.6 Å². The van der Waals surface area contributed by atoms with Crippen LogP contribution in [0.15, 0.2) is 18.2 Å². The fourth-order valence-corrected chi connectivity index (χ4v) is 2.68. The first-order valence-corrected chi connectivity index (χ1v) is 6.54. The zero-order chi connectivity index (χ0) is 13.1. The van der Waals surface area contributed by atoms with Gasteiger partial charge >= 0.3 is 0 Å². The number of anilines is 1. The number of rotatable bonds is 3. The molecule has 3 nitrogen and oxygen atoms in total. The molecule has 100 valence electrons. The van der Waals surface area contributed by atoms with E-state index in [-0.39, 0.29) is 11.9 Å². The number of hydrogen-bond acceptors (Lipinski definition) is 3. The van der Waals surface area contributed by atoms with Gasteiger partial charge in [0.2, 0.25) is 0 Å². The van der Waals surface area contributed by atoms with Gasteiger partial charge in [0.1, 0.15) is 5.82 Å². The van der Waals surface area contributed by atoms with E-state index < -0.39 is 0 Å². The average molecular weight is 252 g/mol. The van der Waals surface area contributed by atoms with Gasteiger partial charge in [-0.1, -0.05) is 12.1 Å². The lowest BCUT2D eigenvalue weighted by molar-refractivity contribution is 0.110. The van der Waals surface area contributed by atoms with E-state index >= 15 is 0 Å². The summed E-state index contributed by atoms with van der Waals surface area (Å²) in [5, 5.41) is 9.58. The summed E-state index contributed by atoms with van der Waals surface area (Å²) in [7, 11) is 0. The number of nitrogens with zero attached hydrogens (tertiary/aromatic N) is 1. The molecule has 1 aliphatic rings. The molecule has 1 aliphatic heterocycles. The maximum Gasteiger partial charge on any atom is 0.146 e. The number of para-hydroxylation sites is 1. The maximum atomic E-state index is 13.9. The zero-order valence-corrected chi connectivity index (χ0v) is 10.8. The highest BCUT2D eigenvalue weighted by molar-refractivity contribution is 5.55. The summed E-state index contributed by atoms with van der Waals surface area (Å²) < 4.78 is 13.9. The Morgan fingerprint density at radius 3 is 2.67 bits per heavy atom. The summed E-state index contributed by atoms with van der Waals surface area (Å²) >= 11 is 0. The normalized spacial score (nSPS) is 19.0. The van der Waals surface area contributed by atoms with Gasteiger partial charge < -0.3 is 15.7 Å². The molecule has 1 atom stereocenters. The van der Waals surface area contributed by atoms with Crippen molar-refractivity contribution in [2.24, 2.45) is 11.7 Å². The molecule has 18 heavy (non-hydrogen) atoms. The Labute approximate surface area is 107 Å². The van der Waals surface area contributed by atoms with Crippen molar-refractivity contribution in [1.29, 1.82) is 0 Å². The Morgan fingerprint density at radius 2 is 2.11 bits per heavy atom. The third-order valence-corrected chi connectivity index (χ3v) is 3.83. The SMILES string of the molecule is CC(O)C1CCN(c2c(F)cccc2CN)CC1. The topological polar surface area (TPSA) is 49.5 Å². The predicted molar refractivity (Wildman–Crippen MR) is 70.9 cm³/mol. The molecular formula is C14H21FN2O. The predicted octanol–water partition coefficient (Wildman–Crippen LogP) is 1.88. The lowest BCUT2D eigenvalue weighted by Gasteiger charge is -2.35. The van der Waals surface area contributed by atoms with Gasteiger partial charge in [-0.15, -0.1) is 0 Å². The van der Waals surface area contributed by atoms with Crippen LogP contribution < -0.4 is 10.6 Å². The third-order valence-electron chi connectivity index (χ3n) is 3.83. The van der Waals surface area contributed by atoms with Crippen LogP contribution in [0.4, 0.5) is 10.1 Å². The van der Waals surface area contributed by atoms with Crippen LogP contribution in [0.25, 0.3) is 0 Å². The van der Waals surface area contributed by atoms with Crippen LogP contribution in [0, 0.1) is 11.7 Å². The summed E-state index contributed by atoms with van der Waals surface area (Å²) in [6, 6.07) is 5.05. The monoisotopic (exact) mass is 252 g/mol. The lowest BCUT2D eigenvalue weighted by atomic mass is 9.91. The zero-order valence-electron chi connectivity index (χ0n) is 10.8. The molecular weight excluding hydrogens is 231 g/mol. The number of halogens is 1. The fourth-order valence-electron chi connectivity index (χ4n) is 2.68. The van der Waals surface area contributed by atoms with Crippen molar-refractivity contribution in [3.63, 3.8) is 0 Å². The quantitative estimate of drug-likeness (QED) is 0.863. The van der Waals surface area contributed by atoms with Crippen LogP contribution in [-0.2, 0) is 6.54 Å². The number of piperidine rings is 1. The minimum Gasteiger partial charge on any atom is -0.393 e. The minimum atomic E-state index is -0.276. The molecule has 1 saturated heterocycles. The molecule has 0 saturated carbocycles. The van der Waals surface area contributed by atoms with Crippen LogP contribution >= 0.6 is 0 Å². The third kappa shape index (κ3) is 2.65. The molecule has 1 fully saturated rings. The van der Waals surface area contributed by atoms with Crippen molar-refractivity contribution >= 4 is 5.69 Å². The van der Waals surface area contributed by atoms with Gasteiger partial charge in [-0.3, -0.25) is 0 Å². The van der Waals surface area contributed by atoms with E-state index in [1.165, 1.54) is 6.07 Å². The molecule has 4 heteroatoms. The number of benzene rings is 1. The lowest BCUT2D eigenvalue weighted by Crippen LogP contribution is -2.38. The smallest absolute Gasteiger partial charge is 0.146 e. The van der Waals surface area contributed by atoms with E-state index in [0.29, 0.717) is 18.2 Å². The van der Waals surface area contributed by atoms with Gasteiger partial charge in [-0.05, 0) is 37.3 Å². The van der Waals surface area contributed by atoms with Crippen molar-refractivity contribution in [3.8, 4) is 0 Å². The Balaban J connectivity index is 2.14. The summed E-state index contributed by atoms with van der Waals surface area (Å²) in [5.74, 6) is 0.128. The molecule has 0 radical (unpaired) electrons. The first-order chi connectivity index (χ1) is 8.63. The van der Waals surface area contributed by atoms with Gasteiger partial charge in [0.25, 0.3) is 0 Å². The molecule has 0 amide bonds. The molecule has 0 spiro atoms. The summed E-state index contributed by atoms with van der Waals surface area (Å²) in [6.07, 6.45) is 1.52. The summed E-state index contributed by atoms with van der Waals surface area (Å²) in [4.78, 5) is 2.05. The Kier molecular flexibility index (Phi) is 4.19. The second-order valence-corrected chi connectivity index (χ2v) is 5.02. The molecule has 0 aromatic heterocycles. The second-order valence-electron chi connectivity index (χ2n) is 5.02. The molecule has 2 rings (SSSR count). The maximum absolute atomic E-state index is 13.9. The average Bonchev–Trinajstić information content (AvgIpc) is 2.38. The first kappa shape index (κ1) is 13.3. The summed E-state index contributed by atoms with van der Waals surface area (Å²) in [6.45, 7) is 3.74. The van der Waals surface area contributed by atoms with Crippen molar-refractivity contribution in [2.75, 3.05) is 18.0 Å². The first-order valence-electron chi connectivity index (χ1n) is 6.54. The van der Waals surface area contributed by atoms with Gasteiger partial charge in [0.05, 0.1) is 11.8 Å². The highest BCUT2D eigenvalue weighted by Gasteiger charge is 2.25. The van der Waals surface area contributed by atoms with Gasteiger partial charge in [0.15, 0.2) is 0 Å². The molecule has 1 unspecified atom stereocenters. The Hall–Kier alpha value is -1.13. The highest BCUT2D eigenvalue weighted by Crippen LogP contribution is 2.29. The van der Waals surface area contributed by atoms with Crippen LogP contribution in [0.3, 0.4) is 0 Å². The van der Waals surface area contributed by atoms with E-state index in [1.54, 1.807) is 6.07 Å². The summed E-state index contributed by atoms with van der Waals surface area (Å²) in [5.41, 5.74) is 7.16. The van der Waals surface area contributed by atoms with Crippen molar-refractivity contribution < 1.29 is 9.50 Å². The number of aliphatic hydroxyl groups is 1. The van der Waals surface area contributed by atoms with Crippen LogP contribution in [-0.4, -0.2) is 24.3 Å². The van der Waals surface area contributed by atoms with E-state index in [4.69, 9.17) is 5.73 Å². The fraction of sp³-hybridized carbons (Fsp3) is 0.571. The Morgan fingerprint density at radius 1 is 1.44 bits per heavy atom. The number of aliphatic hydroxyl groups excluding tert-OH is 1. The largest absolute Gasteiger partial charge is 0.393 e. The molecule has 3 N–H and O–H groups in total. The van der Waals surface area contributed by atoms with Gasteiger partial charge in [0, 0.05) is 19.6 Å². The molecule has 0 aliphatic carbocycles. The molecule has 1 heterocycles. The second kappa shape index (κ2) is 5.67. The van der Waals surface area contributed by atoms with Crippen LogP contribution in [0.2, 0.25) is 0 Å². The number of nitrogens with two attached hydrogens (primary N) is 1. The molecule has 1 aromatic rings. The van der Waals surface area contributed by atoms with E-state index in [0.717, 1.165) is 31.5 Å². The van der Waals surface area contributed by atoms with Crippen molar-refractivity contribution in [1.82, 2.24) is 0 Å². The molecule has 0 bridgehead atoms. The minimum absolute atomic E-state index is 0.201. The van der Waals surface area contributed by atoms with Crippen molar-refractivity contribution in [2.45, 2.75) is 32.4 Å². The van der Waals surface area contributed by atoms with Crippen LogP contribution in [0.5, 0.6) is 0 Å². The highest BCUT2D eigenvalue weighted by atomic mass is 19.1. The van der Waals surface area contributed by atoms with Gasteiger partial charge in [-0.25, -0.2) is 4.39 Å². The van der Waals surface area contributed by atoms with E-state index in [1.807, 2.05) is 13.0 Å². The molecule has 1 aromatic carbocycles. The van der Waals surface area contributed by atoms with Crippen LogP contribution in [0.1, 0.15) is 25.3 Å². The van der Waals surface area contributed by atoms with Gasteiger partial charge in [-0.2, -0.15) is 0 Å². The Bertz CT molecular complexity index is 401. The van der Waals surface area contributed by atoms with E-state index in [2.05, 4.69) is 4.90 Å². The van der Waals surface area contributed by atoms with E-state index in [9.17, 15) is 9.50 Å². The standard InChI is InChI=1S/C14H21FN2O/c1-10(18)11-5-7-17(8-6-11)14-12(9-16)3-2-4-13(14)15/h2-4,10-11,18H,5-9,16H2,1H3. The number of hydrogen-bond donors (Lipinski definition) is 2.